The van der Waals surface area contributed by atoms with Crippen LogP contribution in [0, 0.1) is 10.1 Å². The van der Waals surface area contributed by atoms with Gasteiger partial charge in [-0.1, -0.05) is 0 Å². The van der Waals surface area contributed by atoms with E-state index in [4.69, 9.17) is 5.14 Å². The monoisotopic (exact) mass is 397 g/mol. The van der Waals surface area contributed by atoms with Gasteiger partial charge < -0.3 is 15.1 Å². The van der Waals surface area contributed by atoms with Gasteiger partial charge in [-0.15, -0.1) is 0 Å². The number of nitro benzene ring substituents is 1. The minimum atomic E-state index is -3.97. The number of benzene rings is 1. The zero-order chi connectivity index (χ0) is 19.6. The van der Waals surface area contributed by atoms with Gasteiger partial charge in [0.05, 0.1) is 9.82 Å². The number of primary sulfonamides is 1. The minimum absolute atomic E-state index is 0.131. The average Bonchev–Trinajstić information content (AvgIpc) is 2.62. The fourth-order valence-corrected chi connectivity index (χ4v) is 4.48. The first kappa shape index (κ1) is 20.0. The molecule has 1 aromatic carbocycles. The van der Waals surface area contributed by atoms with Crippen molar-refractivity contribution in [2.45, 2.75) is 42.7 Å². The van der Waals surface area contributed by atoms with E-state index in [1.54, 1.807) is 0 Å². The van der Waals surface area contributed by atoms with E-state index in [-0.39, 0.29) is 16.6 Å². The van der Waals surface area contributed by atoms with Crippen LogP contribution in [0.3, 0.4) is 0 Å². The molecule has 0 saturated carbocycles. The van der Waals surface area contributed by atoms with Gasteiger partial charge in [0.1, 0.15) is 5.69 Å². The highest BCUT2D eigenvalue weighted by atomic mass is 32.2. The van der Waals surface area contributed by atoms with Crippen LogP contribution in [0.5, 0.6) is 0 Å². The Balaban J connectivity index is 1.62. The number of piperidine rings is 2. The molecule has 2 heterocycles. The van der Waals surface area contributed by atoms with Crippen LogP contribution in [0.1, 0.15) is 25.7 Å². The van der Waals surface area contributed by atoms with Gasteiger partial charge in [-0.2, -0.15) is 0 Å². The second kappa shape index (κ2) is 8.09. The summed E-state index contributed by atoms with van der Waals surface area (Å²) in [7, 11) is -1.82. The highest BCUT2D eigenvalue weighted by molar-refractivity contribution is 7.89. The zero-order valence-corrected chi connectivity index (χ0v) is 16.3. The maximum Gasteiger partial charge on any atom is 0.293 e. The van der Waals surface area contributed by atoms with Crippen molar-refractivity contribution in [1.29, 1.82) is 0 Å². The molecule has 3 rings (SSSR count). The van der Waals surface area contributed by atoms with Crippen LogP contribution in [0.2, 0.25) is 0 Å². The lowest BCUT2D eigenvalue weighted by atomic mass is 9.98. The molecule has 2 saturated heterocycles. The molecular weight excluding hydrogens is 370 g/mol. The summed E-state index contributed by atoms with van der Waals surface area (Å²) in [6.07, 6.45) is 4.19. The lowest BCUT2D eigenvalue weighted by molar-refractivity contribution is -0.384. The molecule has 0 atom stereocenters. The smallest absolute Gasteiger partial charge is 0.293 e. The summed E-state index contributed by atoms with van der Waals surface area (Å²) in [6.45, 7) is 4.20. The largest absolute Gasteiger partial charge is 0.377 e. The zero-order valence-electron chi connectivity index (χ0n) is 15.5. The number of sulfonamides is 1. The van der Waals surface area contributed by atoms with Gasteiger partial charge in [0, 0.05) is 31.2 Å². The third kappa shape index (κ3) is 4.95. The number of nitrogens with two attached hydrogens (primary N) is 1. The molecule has 2 aliphatic rings. The number of hydrogen-bond donors (Lipinski definition) is 2. The van der Waals surface area contributed by atoms with E-state index in [2.05, 4.69) is 22.2 Å². The summed E-state index contributed by atoms with van der Waals surface area (Å²) < 4.78 is 22.9. The molecule has 0 spiro atoms. The molecule has 10 heteroatoms. The minimum Gasteiger partial charge on any atom is -0.377 e. The Hall–Kier alpha value is -1.75. The summed E-state index contributed by atoms with van der Waals surface area (Å²) in [5.41, 5.74) is 0.0735. The van der Waals surface area contributed by atoms with Crippen molar-refractivity contribution in [3.8, 4) is 0 Å². The topological polar surface area (TPSA) is 122 Å². The van der Waals surface area contributed by atoms with Crippen LogP contribution >= 0.6 is 0 Å². The summed E-state index contributed by atoms with van der Waals surface area (Å²) in [5, 5.41) is 19.6. The Morgan fingerprint density at radius 2 is 1.78 bits per heavy atom. The summed E-state index contributed by atoms with van der Waals surface area (Å²) in [4.78, 5) is 15.4. The normalized spacial score (nSPS) is 21.3. The molecule has 0 bridgehead atoms. The van der Waals surface area contributed by atoms with E-state index in [1.807, 2.05) is 0 Å². The maximum atomic E-state index is 11.4. The predicted molar refractivity (Wildman–Crippen MR) is 103 cm³/mol. The Bertz CT molecular complexity index is 785. The Morgan fingerprint density at radius 1 is 1.15 bits per heavy atom. The lowest BCUT2D eigenvalue weighted by Crippen LogP contribution is -2.48. The molecule has 3 N–H and O–H groups in total. The molecule has 2 aliphatic heterocycles. The van der Waals surface area contributed by atoms with Crippen LogP contribution in [0.25, 0.3) is 0 Å². The van der Waals surface area contributed by atoms with Gasteiger partial charge in [0.25, 0.3) is 5.69 Å². The SMILES string of the molecule is CN1CCC(N2CCC(Nc3ccc(S(N)(=O)=O)cc3[N+](=O)[O-])CC2)CC1. The summed E-state index contributed by atoms with van der Waals surface area (Å²) in [6, 6.07) is 4.52. The first-order chi connectivity index (χ1) is 12.7. The van der Waals surface area contributed by atoms with Crippen LogP contribution in [-0.4, -0.2) is 68.5 Å². The first-order valence-corrected chi connectivity index (χ1v) is 10.8. The van der Waals surface area contributed by atoms with E-state index in [0.717, 1.165) is 45.1 Å². The number of likely N-dealkylation sites (tertiary alicyclic amines) is 2. The fraction of sp³-hybridized carbons (Fsp3) is 0.647. The maximum absolute atomic E-state index is 11.4. The second-order valence-electron chi connectivity index (χ2n) is 7.47. The molecule has 2 fully saturated rings. The average molecular weight is 398 g/mol. The molecule has 0 unspecified atom stereocenters. The van der Waals surface area contributed by atoms with E-state index in [9.17, 15) is 18.5 Å². The number of nitro groups is 1. The van der Waals surface area contributed by atoms with E-state index < -0.39 is 14.9 Å². The molecular formula is C17H27N5O4S. The summed E-state index contributed by atoms with van der Waals surface area (Å²) >= 11 is 0. The van der Waals surface area contributed by atoms with Crippen molar-refractivity contribution in [3.05, 3.63) is 28.3 Å². The van der Waals surface area contributed by atoms with Gasteiger partial charge in [0.15, 0.2) is 0 Å². The van der Waals surface area contributed by atoms with Crippen LogP contribution < -0.4 is 10.5 Å². The van der Waals surface area contributed by atoms with Gasteiger partial charge in [-0.05, 0) is 58.0 Å². The Kier molecular flexibility index (Phi) is 5.99. The standard InChI is InChI=1S/C17H27N5O4S/c1-20-8-6-14(7-9-20)21-10-4-13(5-11-21)19-16-3-2-15(27(18,25)26)12-17(16)22(23)24/h2-3,12-14,19H,4-11H2,1H3,(H2,18,25,26). The Labute approximate surface area is 159 Å². The number of hydrogen-bond acceptors (Lipinski definition) is 7. The van der Waals surface area contributed by atoms with Crippen LogP contribution in [0.15, 0.2) is 23.1 Å². The highest BCUT2D eigenvalue weighted by Crippen LogP contribution is 2.30. The third-order valence-corrected chi connectivity index (χ3v) is 6.50. The molecule has 27 heavy (non-hydrogen) atoms. The molecule has 150 valence electrons. The molecule has 0 radical (unpaired) electrons. The van der Waals surface area contributed by atoms with E-state index >= 15 is 0 Å². The first-order valence-electron chi connectivity index (χ1n) is 9.24. The fourth-order valence-electron chi connectivity index (χ4n) is 3.95. The van der Waals surface area contributed by atoms with Crippen molar-refractivity contribution in [2.24, 2.45) is 5.14 Å². The van der Waals surface area contributed by atoms with Gasteiger partial charge >= 0.3 is 0 Å². The number of anilines is 1. The lowest BCUT2D eigenvalue weighted by Gasteiger charge is -2.41. The number of nitrogens with zero attached hydrogens (tertiary/aromatic N) is 3. The highest BCUT2D eigenvalue weighted by Gasteiger charge is 2.28. The van der Waals surface area contributed by atoms with Crippen LogP contribution in [0.4, 0.5) is 11.4 Å². The number of rotatable bonds is 5. The Morgan fingerprint density at radius 3 is 2.33 bits per heavy atom. The van der Waals surface area contributed by atoms with Crippen LogP contribution in [-0.2, 0) is 10.0 Å². The summed E-state index contributed by atoms with van der Waals surface area (Å²) in [5.74, 6) is 0. The second-order valence-corrected chi connectivity index (χ2v) is 9.03. The van der Waals surface area contributed by atoms with E-state index in [0.29, 0.717) is 11.7 Å². The van der Waals surface area contributed by atoms with Crippen molar-refractivity contribution in [2.75, 3.05) is 38.5 Å². The molecule has 1 aromatic rings. The molecule has 0 aromatic heterocycles. The molecule has 0 aliphatic carbocycles. The quantitative estimate of drug-likeness (QED) is 0.566. The van der Waals surface area contributed by atoms with Crippen molar-refractivity contribution >= 4 is 21.4 Å². The predicted octanol–water partition coefficient (Wildman–Crippen LogP) is 1.21. The molecule has 0 amide bonds. The third-order valence-electron chi connectivity index (χ3n) is 5.59. The van der Waals surface area contributed by atoms with Crippen molar-refractivity contribution < 1.29 is 13.3 Å². The van der Waals surface area contributed by atoms with Crippen molar-refractivity contribution in [3.63, 3.8) is 0 Å². The van der Waals surface area contributed by atoms with E-state index in [1.165, 1.54) is 25.0 Å². The van der Waals surface area contributed by atoms with Gasteiger partial charge in [0.2, 0.25) is 10.0 Å². The van der Waals surface area contributed by atoms with Crippen molar-refractivity contribution in [1.82, 2.24) is 9.80 Å². The number of nitrogens with one attached hydrogen (secondary N) is 1. The van der Waals surface area contributed by atoms with Gasteiger partial charge in [-0.3, -0.25) is 10.1 Å². The van der Waals surface area contributed by atoms with Gasteiger partial charge in [-0.25, -0.2) is 13.6 Å². The molecule has 9 nitrogen and oxygen atoms in total.